The van der Waals surface area contributed by atoms with Crippen LogP contribution in [0.25, 0.3) is 0 Å². The van der Waals surface area contributed by atoms with Crippen molar-refractivity contribution in [1.29, 1.82) is 0 Å². The van der Waals surface area contributed by atoms with Gasteiger partial charge in [0.25, 0.3) is 11.8 Å². The Hall–Kier alpha value is -2.48. The molecule has 168 valence electrons. The van der Waals surface area contributed by atoms with Gasteiger partial charge in [-0.1, -0.05) is 33.1 Å². The minimum Gasteiger partial charge on any atom is -0.352 e. The Morgan fingerprint density at radius 1 is 1.23 bits per heavy atom. The fourth-order valence-corrected chi connectivity index (χ4v) is 4.67. The predicted molar refractivity (Wildman–Crippen MR) is 123 cm³/mol. The smallest absolute Gasteiger partial charge is 0.259 e. The summed E-state index contributed by atoms with van der Waals surface area (Å²) >= 11 is 1.49. The average Bonchev–Trinajstić information content (AvgIpc) is 3.16. The highest BCUT2D eigenvalue weighted by Gasteiger charge is 2.25. The standard InChI is InChI=1S/C23H32N4O3S/c1-15(2)10-24-22(29)18-11-27(17-8-6-5-7-9-17)12-19(21(18)28)23(30)26(4)13-20-25-16(3)14-31-20/h11-12,14-15,17H,5-10,13H2,1-4H3,(H,24,29). The lowest BCUT2D eigenvalue weighted by Crippen LogP contribution is -2.37. The molecule has 8 heteroatoms. The molecule has 0 radical (unpaired) electrons. The molecule has 1 N–H and O–H groups in total. The Labute approximate surface area is 187 Å². The van der Waals surface area contributed by atoms with E-state index in [0.29, 0.717) is 13.1 Å². The molecule has 1 fully saturated rings. The second-order valence-electron chi connectivity index (χ2n) is 8.80. The molecule has 3 rings (SSSR count). The summed E-state index contributed by atoms with van der Waals surface area (Å²) in [7, 11) is 1.66. The molecule has 0 aromatic carbocycles. The molecule has 1 saturated carbocycles. The summed E-state index contributed by atoms with van der Waals surface area (Å²) in [4.78, 5) is 45.1. The molecule has 31 heavy (non-hydrogen) atoms. The summed E-state index contributed by atoms with van der Waals surface area (Å²) in [5.74, 6) is -0.542. The number of aryl methyl sites for hydroxylation is 1. The van der Waals surface area contributed by atoms with Gasteiger partial charge in [-0.3, -0.25) is 14.4 Å². The van der Waals surface area contributed by atoms with Crippen molar-refractivity contribution in [2.24, 2.45) is 5.92 Å². The number of thiazole rings is 1. The maximum Gasteiger partial charge on any atom is 0.259 e. The predicted octanol–water partition coefficient (Wildman–Crippen LogP) is 3.78. The van der Waals surface area contributed by atoms with Crippen LogP contribution in [0.3, 0.4) is 0 Å². The van der Waals surface area contributed by atoms with E-state index in [9.17, 15) is 14.4 Å². The van der Waals surface area contributed by atoms with Crippen LogP contribution in [0.15, 0.2) is 22.6 Å². The van der Waals surface area contributed by atoms with E-state index in [1.165, 1.54) is 22.7 Å². The van der Waals surface area contributed by atoms with Crippen molar-refractivity contribution in [3.63, 3.8) is 0 Å². The Balaban J connectivity index is 1.94. The summed E-state index contributed by atoms with van der Waals surface area (Å²) in [5, 5.41) is 5.57. The number of amides is 2. The fourth-order valence-electron chi connectivity index (χ4n) is 3.85. The van der Waals surface area contributed by atoms with Crippen LogP contribution in [0.2, 0.25) is 0 Å². The van der Waals surface area contributed by atoms with E-state index in [1.807, 2.05) is 30.7 Å². The molecular formula is C23H32N4O3S. The molecule has 1 aliphatic rings. The van der Waals surface area contributed by atoms with Crippen LogP contribution in [-0.2, 0) is 6.54 Å². The van der Waals surface area contributed by atoms with Crippen molar-refractivity contribution in [1.82, 2.24) is 19.8 Å². The van der Waals surface area contributed by atoms with E-state index in [0.717, 1.165) is 36.4 Å². The molecule has 0 saturated heterocycles. The van der Waals surface area contributed by atoms with E-state index in [1.54, 1.807) is 19.4 Å². The van der Waals surface area contributed by atoms with Gasteiger partial charge in [0.1, 0.15) is 16.1 Å². The Morgan fingerprint density at radius 2 is 1.90 bits per heavy atom. The zero-order valence-corrected chi connectivity index (χ0v) is 19.6. The van der Waals surface area contributed by atoms with Gasteiger partial charge >= 0.3 is 0 Å². The molecular weight excluding hydrogens is 412 g/mol. The first-order valence-electron chi connectivity index (χ1n) is 11.0. The zero-order chi connectivity index (χ0) is 22.5. The lowest BCUT2D eigenvalue weighted by molar-refractivity contribution is 0.0782. The van der Waals surface area contributed by atoms with Crippen LogP contribution in [0.5, 0.6) is 0 Å². The molecule has 0 aliphatic heterocycles. The topological polar surface area (TPSA) is 84.3 Å². The van der Waals surface area contributed by atoms with Crippen LogP contribution in [0, 0.1) is 12.8 Å². The van der Waals surface area contributed by atoms with Crippen LogP contribution in [-0.4, -0.2) is 39.9 Å². The molecule has 7 nitrogen and oxygen atoms in total. The van der Waals surface area contributed by atoms with Crippen molar-refractivity contribution in [2.45, 2.75) is 65.5 Å². The largest absolute Gasteiger partial charge is 0.352 e. The molecule has 2 heterocycles. The van der Waals surface area contributed by atoms with Gasteiger partial charge in [0.2, 0.25) is 5.43 Å². The van der Waals surface area contributed by atoms with Crippen LogP contribution < -0.4 is 10.7 Å². The molecule has 0 bridgehead atoms. The van der Waals surface area contributed by atoms with Crippen molar-refractivity contribution in [2.75, 3.05) is 13.6 Å². The second kappa shape index (κ2) is 10.2. The Morgan fingerprint density at radius 3 is 2.52 bits per heavy atom. The number of aromatic nitrogens is 2. The van der Waals surface area contributed by atoms with E-state index in [-0.39, 0.29) is 29.0 Å². The van der Waals surface area contributed by atoms with Gasteiger partial charge in [-0.25, -0.2) is 4.98 Å². The lowest BCUT2D eigenvalue weighted by Gasteiger charge is -2.26. The van der Waals surface area contributed by atoms with Gasteiger partial charge in [-0.15, -0.1) is 11.3 Å². The maximum atomic E-state index is 13.2. The van der Waals surface area contributed by atoms with Crippen molar-refractivity contribution < 1.29 is 9.59 Å². The van der Waals surface area contributed by atoms with Gasteiger partial charge in [-0.2, -0.15) is 0 Å². The highest BCUT2D eigenvalue weighted by molar-refractivity contribution is 7.09. The number of hydrogen-bond donors (Lipinski definition) is 1. The summed E-state index contributed by atoms with van der Waals surface area (Å²) in [6.45, 7) is 6.70. The van der Waals surface area contributed by atoms with Crippen LogP contribution >= 0.6 is 11.3 Å². The first-order chi connectivity index (χ1) is 14.8. The molecule has 2 aromatic heterocycles. The number of carbonyl (C=O) groups is 2. The Bertz CT molecular complexity index is 989. The van der Waals surface area contributed by atoms with E-state index < -0.39 is 11.3 Å². The van der Waals surface area contributed by atoms with Crippen LogP contribution in [0.4, 0.5) is 0 Å². The summed E-state index contributed by atoms with van der Waals surface area (Å²) < 4.78 is 1.92. The highest BCUT2D eigenvalue weighted by atomic mass is 32.1. The average molecular weight is 445 g/mol. The minimum absolute atomic E-state index is 0.0376. The van der Waals surface area contributed by atoms with Crippen molar-refractivity contribution >= 4 is 23.2 Å². The second-order valence-corrected chi connectivity index (χ2v) is 9.74. The normalized spacial score (nSPS) is 14.6. The summed E-state index contributed by atoms with van der Waals surface area (Å²) in [6.07, 6.45) is 8.66. The third-order valence-corrected chi connectivity index (χ3v) is 6.52. The third kappa shape index (κ3) is 5.81. The third-order valence-electron chi connectivity index (χ3n) is 5.57. The molecule has 0 spiro atoms. The van der Waals surface area contributed by atoms with E-state index in [2.05, 4.69) is 10.3 Å². The quantitative estimate of drug-likeness (QED) is 0.704. The highest BCUT2D eigenvalue weighted by Crippen LogP contribution is 2.28. The number of nitrogens with one attached hydrogen (secondary N) is 1. The number of carbonyl (C=O) groups excluding carboxylic acids is 2. The number of pyridine rings is 1. The van der Waals surface area contributed by atoms with Gasteiger partial charge in [-0.05, 0) is 25.7 Å². The van der Waals surface area contributed by atoms with Crippen LogP contribution in [0.1, 0.15) is 83.4 Å². The van der Waals surface area contributed by atoms with E-state index >= 15 is 0 Å². The SMILES string of the molecule is Cc1csc(CN(C)C(=O)c2cn(C3CCCCC3)cc(C(=O)NCC(C)C)c2=O)n1. The van der Waals surface area contributed by atoms with Gasteiger partial charge in [0, 0.05) is 43.1 Å². The first kappa shape index (κ1) is 23.2. The first-order valence-corrected chi connectivity index (χ1v) is 11.8. The monoisotopic (exact) mass is 444 g/mol. The fraction of sp³-hybridized carbons (Fsp3) is 0.565. The Kier molecular flexibility index (Phi) is 7.64. The summed E-state index contributed by atoms with van der Waals surface area (Å²) in [5.41, 5.74) is 0.471. The molecule has 0 unspecified atom stereocenters. The molecule has 2 amide bonds. The number of nitrogens with zero attached hydrogens (tertiary/aromatic N) is 3. The minimum atomic E-state index is -0.513. The number of rotatable bonds is 7. The van der Waals surface area contributed by atoms with Crippen molar-refractivity contribution in [3.8, 4) is 0 Å². The van der Waals surface area contributed by atoms with Gasteiger partial charge in [0.15, 0.2) is 0 Å². The maximum absolute atomic E-state index is 13.2. The zero-order valence-electron chi connectivity index (χ0n) is 18.8. The molecule has 1 aliphatic carbocycles. The molecule has 0 atom stereocenters. The van der Waals surface area contributed by atoms with Gasteiger partial charge < -0.3 is 14.8 Å². The molecule has 2 aromatic rings. The lowest BCUT2D eigenvalue weighted by atomic mass is 9.95. The summed E-state index contributed by atoms with van der Waals surface area (Å²) in [6, 6.07) is 0.199. The van der Waals surface area contributed by atoms with E-state index in [4.69, 9.17) is 0 Å². The number of hydrogen-bond acceptors (Lipinski definition) is 5. The van der Waals surface area contributed by atoms with Crippen molar-refractivity contribution in [3.05, 3.63) is 49.8 Å². The van der Waals surface area contributed by atoms with Gasteiger partial charge in [0.05, 0.1) is 6.54 Å².